The largest absolute Gasteiger partial charge is 0.527 e. The van der Waals surface area contributed by atoms with Gasteiger partial charge in [-0.3, -0.25) is 14.4 Å². The van der Waals surface area contributed by atoms with Gasteiger partial charge >= 0.3 is 12.1 Å². The molecule has 41 heavy (non-hydrogen) atoms. The summed E-state index contributed by atoms with van der Waals surface area (Å²) < 4.78 is 10.2. The molecule has 13 heteroatoms. The van der Waals surface area contributed by atoms with Gasteiger partial charge in [-0.2, -0.15) is 0 Å². The van der Waals surface area contributed by atoms with Crippen molar-refractivity contribution in [3.05, 3.63) is 46.7 Å². The van der Waals surface area contributed by atoms with Crippen LogP contribution in [0.4, 0.5) is 4.79 Å². The number of esters is 1. The molecule has 2 heterocycles. The van der Waals surface area contributed by atoms with Crippen LogP contribution in [0.2, 0.25) is 5.02 Å². The van der Waals surface area contributed by atoms with Gasteiger partial charge in [0.15, 0.2) is 5.82 Å². The first-order valence-corrected chi connectivity index (χ1v) is 13.7. The predicted molar refractivity (Wildman–Crippen MR) is 150 cm³/mol. The fourth-order valence-corrected chi connectivity index (χ4v) is 4.15. The maximum absolute atomic E-state index is 13.5. The molecule has 1 aromatic carbocycles. The Morgan fingerprint density at radius 3 is 2.32 bits per heavy atom. The Hall–Kier alpha value is -3.77. The van der Waals surface area contributed by atoms with Crippen LogP contribution in [-0.2, 0) is 23.9 Å². The summed E-state index contributed by atoms with van der Waals surface area (Å²) in [6.45, 7) is 9.85. The highest BCUT2D eigenvalue weighted by Crippen LogP contribution is 2.19. The molecule has 2 aromatic rings. The zero-order valence-electron chi connectivity index (χ0n) is 23.9. The van der Waals surface area contributed by atoms with Crippen molar-refractivity contribution in [3.63, 3.8) is 0 Å². The van der Waals surface area contributed by atoms with E-state index in [9.17, 15) is 19.2 Å². The van der Waals surface area contributed by atoms with Crippen molar-refractivity contribution >= 4 is 35.5 Å². The molecule has 0 spiro atoms. The minimum absolute atomic E-state index is 0.0210. The maximum Gasteiger partial charge on any atom is 0.527 e. The summed E-state index contributed by atoms with van der Waals surface area (Å²) in [5, 5.41) is 4.72. The fourth-order valence-electron chi connectivity index (χ4n) is 4.03. The molecule has 0 bridgehead atoms. The Labute approximate surface area is 244 Å². The van der Waals surface area contributed by atoms with E-state index in [2.05, 4.69) is 15.3 Å². The first-order chi connectivity index (χ1) is 19.3. The number of benzene rings is 1. The molecule has 222 valence electrons. The van der Waals surface area contributed by atoms with E-state index in [1.54, 1.807) is 63.8 Å². The third kappa shape index (κ3) is 9.98. The van der Waals surface area contributed by atoms with Gasteiger partial charge in [0.25, 0.3) is 5.91 Å². The summed E-state index contributed by atoms with van der Waals surface area (Å²) in [5.74, 6) is -1.11. The van der Waals surface area contributed by atoms with Crippen LogP contribution in [-0.4, -0.2) is 88.3 Å². The van der Waals surface area contributed by atoms with E-state index in [0.717, 1.165) is 0 Å². The van der Waals surface area contributed by atoms with Gasteiger partial charge in [-0.05, 0) is 71.4 Å². The lowest BCUT2D eigenvalue weighted by Gasteiger charge is -2.35. The number of aryl methyl sites for hydroxylation is 1. The number of amides is 2. The molecular formula is C28H36ClN5O7. The van der Waals surface area contributed by atoms with Crippen molar-refractivity contribution in [3.8, 4) is 11.4 Å². The van der Waals surface area contributed by atoms with Gasteiger partial charge in [0.05, 0.1) is 19.7 Å². The van der Waals surface area contributed by atoms with Crippen LogP contribution >= 0.6 is 11.6 Å². The van der Waals surface area contributed by atoms with Crippen molar-refractivity contribution in [2.45, 2.75) is 59.1 Å². The van der Waals surface area contributed by atoms with Crippen LogP contribution in [0.5, 0.6) is 0 Å². The summed E-state index contributed by atoms with van der Waals surface area (Å²) in [7, 11) is 0. The second-order valence-electron chi connectivity index (χ2n) is 10.4. The second-order valence-corrected chi connectivity index (χ2v) is 10.8. The fraction of sp³-hybridized carbons (Fsp3) is 0.500. The van der Waals surface area contributed by atoms with Crippen LogP contribution < -0.4 is 5.32 Å². The number of carbonyl (C=O) groups is 4. The molecule has 0 unspecified atom stereocenters. The first-order valence-electron chi connectivity index (χ1n) is 13.4. The van der Waals surface area contributed by atoms with Crippen LogP contribution in [0.3, 0.4) is 0 Å². The van der Waals surface area contributed by atoms with Crippen molar-refractivity contribution in [1.82, 2.24) is 25.2 Å². The highest BCUT2D eigenvalue weighted by molar-refractivity contribution is 6.30. The standard InChI is InChI=1S/C28H36ClN5O7/c1-6-39-27(38)41-34-15-13-33(14-16-34)26(37)21(11-12-23(35)40-28(3,4)5)32-25(36)22-17-18(2)30-24(31-22)19-7-9-20(29)10-8-19/h7-10,17,21H,6,11-16H2,1-5H3,(H,32,36)/t21-/m0/s1. The zero-order valence-corrected chi connectivity index (χ0v) is 24.7. The Balaban J connectivity index is 1.75. The third-order valence-corrected chi connectivity index (χ3v) is 6.12. The Morgan fingerprint density at radius 2 is 1.71 bits per heavy atom. The predicted octanol–water partition coefficient (Wildman–Crippen LogP) is 3.56. The molecule has 0 saturated carbocycles. The number of rotatable bonds is 9. The molecule has 1 N–H and O–H groups in total. The number of piperazine rings is 1. The summed E-state index contributed by atoms with van der Waals surface area (Å²) in [5.41, 5.74) is 0.619. The van der Waals surface area contributed by atoms with E-state index < -0.39 is 29.7 Å². The quantitative estimate of drug-likeness (QED) is 0.432. The van der Waals surface area contributed by atoms with Gasteiger partial charge in [-0.15, -0.1) is 5.06 Å². The van der Waals surface area contributed by atoms with Crippen molar-refractivity contribution < 1.29 is 33.5 Å². The molecule has 3 rings (SSSR count). The lowest BCUT2D eigenvalue weighted by atomic mass is 10.1. The van der Waals surface area contributed by atoms with Gasteiger partial charge in [-0.25, -0.2) is 14.8 Å². The molecule has 1 aliphatic heterocycles. The average Bonchev–Trinajstić information content (AvgIpc) is 2.90. The van der Waals surface area contributed by atoms with E-state index in [0.29, 0.717) is 22.1 Å². The van der Waals surface area contributed by atoms with Crippen molar-refractivity contribution in [2.24, 2.45) is 0 Å². The molecule has 1 atom stereocenters. The van der Waals surface area contributed by atoms with Crippen LogP contribution in [0.25, 0.3) is 11.4 Å². The number of ether oxygens (including phenoxy) is 2. The minimum atomic E-state index is -1.03. The number of nitrogens with one attached hydrogen (secondary N) is 1. The number of hydrogen-bond acceptors (Lipinski definition) is 10. The number of carbonyl (C=O) groups excluding carboxylic acids is 4. The van der Waals surface area contributed by atoms with E-state index in [-0.39, 0.29) is 57.2 Å². The number of hydroxylamine groups is 2. The van der Waals surface area contributed by atoms with Crippen molar-refractivity contribution in [1.29, 1.82) is 0 Å². The van der Waals surface area contributed by atoms with Gasteiger partial charge in [-0.1, -0.05) is 11.6 Å². The Kier molecular flexibility index (Phi) is 11.0. The van der Waals surface area contributed by atoms with Gasteiger partial charge in [0.2, 0.25) is 5.91 Å². The topological polar surface area (TPSA) is 140 Å². The first kappa shape index (κ1) is 31.8. The smallest absolute Gasteiger partial charge is 0.460 e. The molecular weight excluding hydrogens is 554 g/mol. The summed E-state index contributed by atoms with van der Waals surface area (Å²) in [6, 6.07) is 7.39. The highest BCUT2D eigenvalue weighted by Gasteiger charge is 2.31. The Bertz CT molecular complexity index is 1240. The maximum atomic E-state index is 13.5. The normalized spacial score (nSPS) is 14.6. The van der Waals surface area contributed by atoms with E-state index in [1.165, 1.54) is 11.1 Å². The van der Waals surface area contributed by atoms with E-state index >= 15 is 0 Å². The summed E-state index contributed by atoms with van der Waals surface area (Å²) in [6.07, 6.45) is -0.876. The van der Waals surface area contributed by atoms with Gasteiger partial charge in [0.1, 0.15) is 17.3 Å². The molecule has 1 aliphatic rings. The minimum Gasteiger partial charge on any atom is -0.460 e. The monoisotopic (exact) mass is 589 g/mol. The molecule has 2 amide bonds. The number of hydrogen-bond donors (Lipinski definition) is 1. The zero-order chi connectivity index (χ0) is 30.2. The SMILES string of the molecule is CCOC(=O)ON1CCN(C(=O)[C@H](CCC(=O)OC(C)(C)C)NC(=O)c2cc(C)nc(-c3ccc(Cl)cc3)n2)CC1. The van der Waals surface area contributed by atoms with Gasteiger partial charge < -0.3 is 24.5 Å². The van der Waals surface area contributed by atoms with E-state index in [4.69, 9.17) is 25.9 Å². The van der Waals surface area contributed by atoms with Crippen LogP contribution in [0, 0.1) is 6.92 Å². The lowest BCUT2D eigenvalue weighted by Crippen LogP contribution is -2.55. The third-order valence-electron chi connectivity index (χ3n) is 5.87. The van der Waals surface area contributed by atoms with Crippen LogP contribution in [0.1, 0.15) is 56.7 Å². The second kappa shape index (κ2) is 14.2. The van der Waals surface area contributed by atoms with E-state index in [1.807, 2.05) is 0 Å². The number of aromatic nitrogens is 2. The molecule has 1 aromatic heterocycles. The molecule has 12 nitrogen and oxygen atoms in total. The molecule has 1 saturated heterocycles. The molecule has 0 aliphatic carbocycles. The van der Waals surface area contributed by atoms with Crippen molar-refractivity contribution in [2.75, 3.05) is 32.8 Å². The molecule has 0 radical (unpaired) electrons. The van der Waals surface area contributed by atoms with Crippen LogP contribution in [0.15, 0.2) is 30.3 Å². The summed E-state index contributed by atoms with van der Waals surface area (Å²) >= 11 is 5.99. The average molecular weight is 590 g/mol. The number of halogens is 1. The Morgan fingerprint density at radius 1 is 1.05 bits per heavy atom. The highest BCUT2D eigenvalue weighted by atomic mass is 35.5. The molecule has 1 fully saturated rings. The van der Waals surface area contributed by atoms with Gasteiger partial charge in [0, 0.05) is 35.8 Å². The number of nitrogens with zero attached hydrogens (tertiary/aromatic N) is 4. The summed E-state index contributed by atoms with van der Waals surface area (Å²) in [4.78, 5) is 66.4. The lowest BCUT2D eigenvalue weighted by molar-refractivity contribution is -0.158.